The molecule has 0 bridgehead atoms. The van der Waals surface area contributed by atoms with Crippen LogP contribution in [0.1, 0.15) is 91.9 Å². The fourth-order valence-corrected chi connectivity index (χ4v) is 8.39. The lowest BCUT2D eigenvalue weighted by Crippen LogP contribution is -2.53. The molecule has 0 aromatic rings. The van der Waals surface area contributed by atoms with Crippen molar-refractivity contribution in [2.45, 2.75) is 98.0 Å². The molecule has 0 heterocycles. The van der Waals surface area contributed by atoms with Crippen LogP contribution in [0.2, 0.25) is 0 Å². The molecule has 30 heavy (non-hydrogen) atoms. The Balaban J connectivity index is 1.52. The highest BCUT2D eigenvalue weighted by Gasteiger charge is 2.61. The highest BCUT2D eigenvalue weighted by atomic mass is 16.3. The number of carbonyl (C=O) groups is 2. The molecular formula is C27H42O3. The van der Waals surface area contributed by atoms with Gasteiger partial charge in [-0.3, -0.25) is 4.79 Å². The van der Waals surface area contributed by atoms with Crippen LogP contribution in [0.3, 0.4) is 0 Å². The van der Waals surface area contributed by atoms with E-state index in [1.165, 1.54) is 37.7 Å². The number of carbonyl (C=O) groups excluding carboxylic acids is 2. The Bertz CT molecular complexity index is 711. The number of fused-ring (bicyclic) bond motifs is 5. The van der Waals surface area contributed by atoms with E-state index >= 15 is 0 Å². The Hall–Kier alpha value is -0.960. The zero-order valence-corrected chi connectivity index (χ0v) is 19.5. The minimum atomic E-state index is -0.263. The minimum absolute atomic E-state index is 0.119. The zero-order chi connectivity index (χ0) is 21.7. The number of aliphatic hydroxyl groups is 1. The quantitative estimate of drug-likeness (QED) is 0.563. The van der Waals surface area contributed by atoms with Crippen LogP contribution in [0.25, 0.3) is 0 Å². The normalized spacial score (nSPS) is 45.0. The van der Waals surface area contributed by atoms with E-state index in [1.54, 1.807) is 0 Å². The van der Waals surface area contributed by atoms with E-state index in [-0.39, 0.29) is 28.8 Å². The highest BCUT2D eigenvalue weighted by Crippen LogP contribution is 2.66. The summed E-state index contributed by atoms with van der Waals surface area (Å²) in [4.78, 5) is 24.3. The van der Waals surface area contributed by atoms with Crippen LogP contribution in [0.15, 0.2) is 11.6 Å². The Labute approximate surface area is 183 Å². The summed E-state index contributed by atoms with van der Waals surface area (Å²) in [5.41, 5.74) is 1.64. The molecule has 4 rings (SSSR count). The molecular weight excluding hydrogens is 372 g/mol. The van der Waals surface area contributed by atoms with Gasteiger partial charge in [-0.1, -0.05) is 46.1 Å². The maximum atomic E-state index is 13.4. The number of allylic oxidation sites excluding steroid dienone is 1. The molecule has 0 aromatic heterocycles. The largest absolute Gasteiger partial charge is 0.393 e. The molecule has 9 atom stereocenters. The zero-order valence-electron chi connectivity index (χ0n) is 19.5. The van der Waals surface area contributed by atoms with Crippen molar-refractivity contribution in [3.8, 4) is 0 Å². The van der Waals surface area contributed by atoms with Gasteiger partial charge in [0.15, 0.2) is 5.78 Å². The molecule has 168 valence electrons. The Kier molecular flexibility index (Phi) is 6.07. The summed E-state index contributed by atoms with van der Waals surface area (Å²) in [6.07, 6.45) is 13.6. The highest BCUT2D eigenvalue weighted by molar-refractivity contribution is 5.94. The third-order valence-corrected chi connectivity index (χ3v) is 10.2. The molecule has 0 amide bonds. The fraction of sp³-hybridized carbons (Fsp3) is 0.852. The Morgan fingerprint density at radius 2 is 1.87 bits per heavy atom. The van der Waals surface area contributed by atoms with Crippen LogP contribution in [0.4, 0.5) is 0 Å². The van der Waals surface area contributed by atoms with E-state index < -0.39 is 0 Å². The smallest absolute Gasteiger partial charge is 0.159 e. The summed E-state index contributed by atoms with van der Waals surface area (Å²) in [5, 5.41) is 10.2. The van der Waals surface area contributed by atoms with Gasteiger partial charge in [0, 0.05) is 11.8 Å². The molecule has 0 saturated heterocycles. The third-order valence-electron chi connectivity index (χ3n) is 10.2. The second-order valence-electron chi connectivity index (χ2n) is 11.9. The van der Waals surface area contributed by atoms with Gasteiger partial charge in [-0.2, -0.15) is 0 Å². The lowest BCUT2D eigenvalue weighted by Gasteiger charge is -2.57. The number of aldehydes is 1. The van der Waals surface area contributed by atoms with E-state index in [0.29, 0.717) is 35.9 Å². The van der Waals surface area contributed by atoms with Gasteiger partial charge in [0.05, 0.1) is 6.10 Å². The fourth-order valence-electron chi connectivity index (χ4n) is 8.39. The summed E-state index contributed by atoms with van der Waals surface area (Å²) < 4.78 is 0. The minimum Gasteiger partial charge on any atom is -0.393 e. The van der Waals surface area contributed by atoms with Crippen LogP contribution in [0, 0.1) is 46.3 Å². The Morgan fingerprint density at radius 3 is 2.60 bits per heavy atom. The van der Waals surface area contributed by atoms with E-state index in [1.807, 2.05) is 13.0 Å². The molecule has 3 heteroatoms. The molecule has 4 aliphatic carbocycles. The molecule has 0 aliphatic heterocycles. The summed E-state index contributed by atoms with van der Waals surface area (Å²) in [6, 6.07) is 0. The third kappa shape index (κ3) is 3.53. The van der Waals surface area contributed by atoms with Gasteiger partial charge in [0.2, 0.25) is 0 Å². The van der Waals surface area contributed by atoms with Crippen molar-refractivity contribution in [2.24, 2.45) is 46.3 Å². The maximum Gasteiger partial charge on any atom is 0.159 e. The number of hydrogen-bond donors (Lipinski definition) is 1. The van der Waals surface area contributed by atoms with Crippen molar-refractivity contribution in [1.29, 1.82) is 0 Å². The standard InChI is InChI=1S/C27H42O3/c1-17(16-28)6-5-7-18(2)21-8-9-22-25-23(11-13-27(21,22)4)26(3)12-10-20(29)14-19(26)15-24(25)30/h15-18,20-23,25,29H,5-14H2,1-4H3/t17-,18-,20+,21-,22+,23+,25+,26+,27-/m1/s1. The summed E-state index contributed by atoms with van der Waals surface area (Å²) in [6.45, 7) is 9.32. The molecule has 4 aliphatic rings. The van der Waals surface area contributed by atoms with Crippen molar-refractivity contribution in [2.75, 3.05) is 0 Å². The summed E-state index contributed by atoms with van der Waals surface area (Å²) in [7, 11) is 0. The van der Waals surface area contributed by atoms with Crippen molar-refractivity contribution in [3.05, 3.63) is 11.6 Å². The van der Waals surface area contributed by atoms with Gasteiger partial charge in [-0.15, -0.1) is 0 Å². The number of ketones is 1. The second kappa shape index (κ2) is 8.19. The van der Waals surface area contributed by atoms with Gasteiger partial charge in [0.1, 0.15) is 6.29 Å². The van der Waals surface area contributed by atoms with Crippen molar-refractivity contribution >= 4 is 12.1 Å². The van der Waals surface area contributed by atoms with Crippen LogP contribution >= 0.6 is 0 Å². The first kappa shape index (κ1) is 22.2. The second-order valence-corrected chi connectivity index (χ2v) is 11.9. The first-order chi connectivity index (χ1) is 14.2. The number of rotatable bonds is 6. The van der Waals surface area contributed by atoms with Crippen molar-refractivity contribution in [1.82, 2.24) is 0 Å². The molecule has 0 radical (unpaired) electrons. The summed E-state index contributed by atoms with van der Waals surface area (Å²) in [5.74, 6) is 3.10. The lowest BCUT2D eigenvalue weighted by atomic mass is 9.46. The van der Waals surface area contributed by atoms with E-state index in [0.717, 1.165) is 32.0 Å². The lowest BCUT2D eigenvalue weighted by molar-refractivity contribution is -0.135. The molecule has 3 nitrogen and oxygen atoms in total. The van der Waals surface area contributed by atoms with E-state index in [4.69, 9.17) is 0 Å². The van der Waals surface area contributed by atoms with Crippen molar-refractivity contribution < 1.29 is 14.7 Å². The van der Waals surface area contributed by atoms with Gasteiger partial charge in [-0.05, 0) is 91.9 Å². The molecule has 3 saturated carbocycles. The van der Waals surface area contributed by atoms with E-state index in [9.17, 15) is 14.7 Å². The maximum absolute atomic E-state index is 13.4. The first-order valence-corrected chi connectivity index (χ1v) is 12.6. The average Bonchev–Trinajstić information content (AvgIpc) is 3.06. The van der Waals surface area contributed by atoms with Gasteiger partial charge >= 0.3 is 0 Å². The predicted octanol–water partition coefficient (Wildman–Crippen LogP) is 5.75. The average molecular weight is 415 g/mol. The molecule has 1 N–H and O–H groups in total. The SMILES string of the molecule is C[C@H](CCC[C@@H](C)C=O)[C@H]1CC[C@H]2[C@@H]3C(=O)C=C4C[C@@H](O)CC[C@]4(C)[C@H]3CC[C@]12C. The predicted molar refractivity (Wildman–Crippen MR) is 120 cm³/mol. The molecule has 3 fully saturated rings. The Morgan fingerprint density at radius 1 is 1.10 bits per heavy atom. The summed E-state index contributed by atoms with van der Waals surface area (Å²) >= 11 is 0. The van der Waals surface area contributed by atoms with Crippen LogP contribution in [0.5, 0.6) is 0 Å². The topological polar surface area (TPSA) is 54.4 Å². The number of aliphatic hydroxyl groups excluding tert-OH is 1. The first-order valence-electron chi connectivity index (χ1n) is 12.6. The van der Waals surface area contributed by atoms with Crippen LogP contribution < -0.4 is 0 Å². The molecule has 0 aromatic carbocycles. The molecule has 0 unspecified atom stereocenters. The number of hydrogen-bond acceptors (Lipinski definition) is 3. The van der Waals surface area contributed by atoms with Gasteiger partial charge in [-0.25, -0.2) is 0 Å². The molecule has 0 spiro atoms. The van der Waals surface area contributed by atoms with E-state index in [2.05, 4.69) is 20.8 Å². The van der Waals surface area contributed by atoms with Crippen LogP contribution in [-0.4, -0.2) is 23.3 Å². The van der Waals surface area contributed by atoms with Crippen molar-refractivity contribution in [3.63, 3.8) is 0 Å². The van der Waals surface area contributed by atoms with Gasteiger partial charge in [0.25, 0.3) is 0 Å². The van der Waals surface area contributed by atoms with Gasteiger partial charge < -0.3 is 9.90 Å². The van der Waals surface area contributed by atoms with Crippen LogP contribution in [-0.2, 0) is 9.59 Å². The monoisotopic (exact) mass is 414 g/mol.